The van der Waals surface area contributed by atoms with Gasteiger partial charge in [0.05, 0.1) is 17.2 Å². The lowest BCUT2D eigenvalue weighted by molar-refractivity contribution is -0.120. The number of amides is 1. The van der Waals surface area contributed by atoms with Gasteiger partial charge in [0.1, 0.15) is 6.61 Å². The third kappa shape index (κ3) is 5.09. The molecule has 0 saturated carbocycles. The molecule has 164 valence electrons. The van der Waals surface area contributed by atoms with Crippen molar-refractivity contribution < 1.29 is 17.9 Å². The molecule has 2 heterocycles. The zero-order valence-corrected chi connectivity index (χ0v) is 17.9. The summed E-state index contributed by atoms with van der Waals surface area (Å²) in [5.74, 6) is 0.341. The van der Waals surface area contributed by atoms with Crippen LogP contribution in [0.4, 0.5) is 0 Å². The fourth-order valence-electron chi connectivity index (χ4n) is 3.02. The Hall–Kier alpha value is -3.79. The van der Waals surface area contributed by atoms with Gasteiger partial charge < -0.3 is 10.1 Å². The van der Waals surface area contributed by atoms with Crippen LogP contribution in [0.3, 0.4) is 0 Å². The Balaban J connectivity index is 1.28. The Morgan fingerprint density at radius 2 is 1.66 bits per heavy atom. The van der Waals surface area contributed by atoms with Crippen molar-refractivity contribution in [2.45, 2.75) is 11.3 Å². The van der Waals surface area contributed by atoms with Crippen molar-refractivity contribution >= 4 is 21.4 Å². The standard InChI is InChI=1S/C22H21N5O4S/c28-20(13-16-32(29,30)18-9-5-2-6-10-18)23-14-15-31-21-12-11-19-24-25-22(27(19)26-21)17-7-3-1-4-8-17/h1-12H,13-16H2,(H,23,28). The van der Waals surface area contributed by atoms with E-state index in [0.717, 1.165) is 5.56 Å². The van der Waals surface area contributed by atoms with Gasteiger partial charge in [-0.15, -0.1) is 15.3 Å². The van der Waals surface area contributed by atoms with Gasteiger partial charge in [-0.2, -0.15) is 4.52 Å². The highest BCUT2D eigenvalue weighted by Crippen LogP contribution is 2.18. The summed E-state index contributed by atoms with van der Waals surface area (Å²) in [5.41, 5.74) is 1.46. The summed E-state index contributed by atoms with van der Waals surface area (Å²) >= 11 is 0. The van der Waals surface area contributed by atoms with Gasteiger partial charge in [-0.1, -0.05) is 48.5 Å². The molecule has 2 aromatic heterocycles. The molecule has 0 bridgehead atoms. The lowest BCUT2D eigenvalue weighted by atomic mass is 10.2. The van der Waals surface area contributed by atoms with Gasteiger partial charge in [-0.05, 0) is 18.2 Å². The van der Waals surface area contributed by atoms with Crippen molar-refractivity contribution in [3.8, 4) is 17.3 Å². The molecule has 0 unspecified atom stereocenters. The quantitative estimate of drug-likeness (QED) is 0.388. The van der Waals surface area contributed by atoms with Gasteiger partial charge >= 0.3 is 0 Å². The molecule has 4 rings (SSSR count). The monoisotopic (exact) mass is 451 g/mol. The largest absolute Gasteiger partial charge is 0.475 e. The Morgan fingerprint density at radius 1 is 0.938 bits per heavy atom. The molecule has 0 radical (unpaired) electrons. The van der Waals surface area contributed by atoms with E-state index in [1.54, 1.807) is 34.8 Å². The fraction of sp³-hybridized carbons (Fsp3) is 0.182. The first-order valence-corrected chi connectivity index (χ1v) is 11.6. The van der Waals surface area contributed by atoms with E-state index in [2.05, 4.69) is 20.6 Å². The molecular weight excluding hydrogens is 430 g/mol. The summed E-state index contributed by atoms with van der Waals surface area (Å²) in [6.07, 6.45) is -0.122. The maximum absolute atomic E-state index is 12.2. The average molecular weight is 452 g/mol. The first kappa shape index (κ1) is 21.4. The number of hydrogen-bond donors (Lipinski definition) is 1. The Kier molecular flexibility index (Phi) is 6.41. The molecule has 10 heteroatoms. The number of hydrogen-bond acceptors (Lipinski definition) is 7. The van der Waals surface area contributed by atoms with Crippen LogP contribution in [0.25, 0.3) is 17.0 Å². The topological polar surface area (TPSA) is 116 Å². The zero-order valence-electron chi connectivity index (χ0n) is 17.1. The van der Waals surface area contributed by atoms with Gasteiger partial charge in [-0.3, -0.25) is 4.79 Å². The molecule has 0 aliphatic heterocycles. The second kappa shape index (κ2) is 9.56. The third-order valence-corrected chi connectivity index (χ3v) is 6.38. The lowest BCUT2D eigenvalue weighted by Gasteiger charge is -2.08. The summed E-state index contributed by atoms with van der Waals surface area (Å²) in [4.78, 5) is 12.2. The van der Waals surface area contributed by atoms with Crippen LogP contribution >= 0.6 is 0 Å². The predicted octanol–water partition coefficient (Wildman–Crippen LogP) is 2.15. The van der Waals surface area contributed by atoms with E-state index < -0.39 is 9.84 Å². The van der Waals surface area contributed by atoms with Gasteiger partial charge in [0.25, 0.3) is 0 Å². The maximum Gasteiger partial charge on any atom is 0.231 e. The molecule has 2 aromatic carbocycles. The number of nitrogens with zero attached hydrogens (tertiary/aromatic N) is 4. The lowest BCUT2D eigenvalue weighted by Crippen LogP contribution is -2.29. The van der Waals surface area contributed by atoms with Crippen molar-refractivity contribution in [1.29, 1.82) is 0 Å². The van der Waals surface area contributed by atoms with E-state index in [1.165, 1.54) is 12.1 Å². The number of carbonyl (C=O) groups excluding carboxylic acids is 1. The Labute approximate surface area is 185 Å². The number of sulfone groups is 1. The Bertz CT molecular complexity index is 1310. The van der Waals surface area contributed by atoms with E-state index in [-0.39, 0.29) is 36.1 Å². The highest BCUT2D eigenvalue weighted by molar-refractivity contribution is 7.91. The van der Waals surface area contributed by atoms with Gasteiger partial charge in [0.2, 0.25) is 11.8 Å². The molecule has 32 heavy (non-hydrogen) atoms. The van der Waals surface area contributed by atoms with Crippen LogP contribution in [0.2, 0.25) is 0 Å². The molecule has 0 aliphatic rings. The molecule has 0 spiro atoms. The minimum atomic E-state index is -3.49. The predicted molar refractivity (Wildman–Crippen MR) is 118 cm³/mol. The number of ether oxygens (including phenoxy) is 1. The van der Waals surface area contributed by atoms with Crippen LogP contribution in [-0.4, -0.2) is 53.0 Å². The molecule has 9 nitrogen and oxygen atoms in total. The fourth-order valence-corrected chi connectivity index (χ4v) is 4.29. The number of nitrogens with one attached hydrogen (secondary N) is 1. The summed E-state index contributed by atoms with van der Waals surface area (Å²) in [7, 11) is -3.49. The first-order valence-electron chi connectivity index (χ1n) is 9.98. The smallest absolute Gasteiger partial charge is 0.231 e. The normalized spacial score (nSPS) is 11.4. The summed E-state index contributed by atoms with van der Waals surface area (Å²) in [5, 5.41) is 15.4. The maximum atomic E-state index is 12.2. The molecule has 0 atom stereocenters. The second-order valence-corrected chi connectivity index (χ2v) is 9.02. The number of rotatable bonds is 9. The SMILES string of the molecule is O=C(CCS(=O)(=O)c1ccccc1)NCCOc1ccc2nnc(-c3ccccc3)n2n1. The van der Waals surface area contributed by atoms with E-state index >= 15 is 0 Å². The van der Waals surface area contributed by atoms with Crippen molar-refractivity contribution in [1.82, 2.24) is 25.1 Å². The molecule has 4 aromatic rings. The van der Waals surface area contributed by atoms with Gasteiger partial charge in [-0.25, -0.2) is 8.42 Å². The van der Waals surface area contributed by atoms with E-state index in [9.17, 15) is 13.2 Å². The van der Waals surface area contributed by atoms with Crippen molar-refractivity contribution in [3.63, 3.8) is 0 Å². The molecule has 0 saturated heterocycles. The van der Waals surface area contributed by atoms with Gasteiger partial charge in [0.15, 0.2) is 21.3 Å². The summed E-state index contributed by atoms with van der Waals surface area (Å²) in [6, 6.07) is 21.1. The number of aromatic nitrogens is 4. The van der Waals surface area contributed by atoms with Crippen LogP contribution in [0.5, 0.6) is 5.88 Å². The number of carbonyl (C=O) groups is 1. The highest BCUT2D eigenvalue weighted by Gasteiger charge is 2.16. The number of benzene rings is 2. The van der Waals surface area contributed by atoms with Crippen molar-refractivity contribution in [3.05, 3.63) is 72.8 Å². The zero-order chi connectivity index (χ0) is 22.4. The minimum absolute atomic E-state index is 0.122. The minimum Gasteiger partial charge on any atom is -0.475 e. The van der Waals surface area contributed by atoms with E-state index in [1.807, 2.05) is 30.3 Å². The first-order chi connectivity index (χ1) is 15.5. The molecule has 1 amide bonds. The van der Waals surface area contributed by atoms with Crippen molar-refractivity contribution in [2.75, 3.05) is 18.9 Å². The third-order valence-electron chi connectivity index (χ3n) is 4.64. The number of fused-ring (bicyclic) bond motifs is 1. The van der Waals surface area contributed by atoms with Crippen LogP contribution in [0.15, 0.2) is 77.7 Å². The van der Waals surface area contributed by atoms with Crippen LogP contribution in [-0.2, 0) is 14.6 Å². The van der Waals surface area contributed by atoms with Crippen LogP contribution in [0, 0.1) is 0 Å². The molecular formula is C22H21N5O4S. The van der Waals surface area contributed by atoms with E-state index in [0.29, 0.717) is 17.4 Å². The van der Waals surface area contributed by atoms with Crippen LogP contribution < -0.4 is 10.1 Å². The second-order valence-electron chi connectivity index (χ2n) is 6.91. The highest BCUT2D eigenvalue weighted by atomic mass is 32.2. The molecule has 0 aliphatic carbocycles. The van der Waals surface area contributed by atoms with Crippen LogP contribution in [0.1, 0.15) is 6.42 Å². The molecule has 0 fully saturated rings. The summed E-state index contributed by atoms with van der Waals surface area (Å²) < 4.78 is 31.7. The Morgan fingerprint density at radius 3 is 2.41 bits per heavy atom. The molecule has 1 N–H and O–H groups in total. The van der Waals surface area contributed by atoms with Crippen molar-refractivity contribution in [2.24, 2.45) is 0 Å². The summed E-state index contributed by atoms with van der Waals surface area (Å²) in [6.45, 7) is 0.399. The average Bonchev–Trinajstić information content (AvgIpc) is 3.25. The van der Waals surface area contributed by atoms with Gasteiger partial charge in [0, 0.05) is 18.1 Å². The van der Waals surface area contributed by atoms with E-state index in [4.69, 9.17) is 4.74 Å².